The summed E-state index contributed by atoms with van der Waals surface area (Å²) in [6.07, 6.45) is 1.03. The molecule has 0 saturated carbocycles. The number of nitrogens with one attached hydrogen (secondary N) is 1. The Morgan fingerprint density at radius 2 is 1.96 bits per heavy atom. The van der Waals surface area contributed by atoms with Gasteiger partial charge in [-0.05, 0) is 25.5 Å². The largest absolute Gasteiger partial charge is 0.400 e. The number of rotatable bonds is 3. The normalized spacial score (nSPS) is 18.9. The maximum atomic E-state index is 13.6. The van der Waals surface area contributed by atoms with Crippen molar-refractivity contribution in [2.24, 2.45) is 21.5 Å². The van der Waals surface area contributed by atoms with E-state index in [1.54, 1.807) is 6.92 Å². The fourth-order valence-electron chi connectivity index (χ4n) is 2.92. The smallest absolute Gasteiger partial charge is 0.289 e. The molecule has 0 radical (unpaired) electrons. The highest BCUT2D eigenvalue weighted by Gasteiger charge is 2.31. The minimum atomic E-state index is -0.711. The number of nitrogens with two attached hydrogens (primary N) is 2. The van der Waals surface area contributed by atoms with E-state index < -0.39 is 23.6 Å². The Hall–Kier alpha value is -3.10. The van der Waals surface area contributed by atoms with Gasteiger partial charge in [0.15, 0.2) is 5.84 Å². The first-order valence-electron chi connectivity index (χ1n) is 7.85. The maximum absolute atomic E-state index is 13.6. The number of hydrogen-bond acceptors (Lipinski definition) is 4. The lowest BCUT2D eigenvalue weighted by Gasteiger charge is -2.35. The van der Waals surface area contributed by atoms with Crippen LogP contribution in [0.25, 0.3) is 0 Å². The molecule has 2 rings (SSSR count). The predicted octanol–water partition coefficient (Wildman–Crippen LogP) is 1.18. The van der Waals surface area contributed by atoms with Gasteiger partial charge in [-0.1, -0.05) is 0 Å². The molecular formula is C17H20F2N6O. The van der Waals surface area contributed by atoms with Gasteiger partial charge in [-0.3, -0.25) is 15.2 Å². The molecule has 1 aliphatic heterocycles. The first kappa shape index (κ1) is 19.2. The van der Waals surface area contributed by atoms with Crippen molar-refractivity contribution in [2.75, 3.05) is 13.6 Å². The molecule has 1 atom stereocenters. The van der Waals surface area contributed by atoms with E-state index in [9.17, 15) is 13.6 Å². The number of nitrogens with zero attached hydrogens (tertiary/aromatic N) is 3. The predicted molar refractivity (Wildman–Crippen MR) is 96.2 cm³/mol. The van der Waals surface area contributed by atoms with Crippen LogP contribution in [-0.2, 0) is 4.79 Å². The van der Waals surface area contributed by atoms with Crippen LogP contribution < -0.4 is 11.5 Å². The number of aliphatic imine (C=N–C) groups is 2. The highest BCUT2D eigenvalue weighted by Crippen LogP contribution is 2.25. The molecule has 5 N–H and O–H groups in total. The van der Waals surface area contributed by atoms with Crippen LogP contribution in [-0.4, -0.2) is 48.3 Å². The van der Waals surface area contributed by atoms with E-state index in [0.717, 1.165) is 6.07 Å². The van der Waals surface area contributed by atoms with Crippen molar-refractivity contribution < 1.29 is 13.6 Å². The highest BCUT2D eigenvalue weighted by atomic mass is 19.1. The van der Waals surface area contributed by atoms with Crippen molar-refractivity contribution in [2.45, 2.75) is 19.4 Å². The topological polar surface area (TPSA) is 121 Å². The van der Waals surface area contributed by atoms with Crippen molar-refractivity contribution >= 4 is 23.8 Å². The molecule has 9 heteroatoms. The van der Waals surface area contributed by atoms with Gasteiger partial charge in [-0.15, -0.1) is 0 Å². The van der Waals surface area contributed by atoms with Gasteiger partial charge in [-0.25, -0.2) is 13.8 Å². The van der Waals surface area contributed by atoms with Gasteiger partial charge < -0.3 is 16.4 Å². The SMILES string of the molecule is CN=C(C1=C(N)C(C)N(C(=O)C(N)=NC=N)CC1)c1cc(F)cc(F)c1. The average molecular weight is 362 g/mol. The summed E-state index contributed by atoms with van der Waals surface area (Å²) in [4.78, 5) is 21.4. The second kappa shape index (κ2) is 7.85. The summed E-state index contributed by atoms with van der Waals surface area (Å²) in [5.74, 6) is -2.26. The molecule has 0 bridgehead atoms. The van der Waals surface area contributed by atoms with Crippen LogP contribution >= 0.6 is 0 Å². The monoisotopic (exact) mass is 362 g/mol. The Morgan fingerprint density at radius 3 is 2.50 bits per heavy atom. The molecule has 0 saturated heterocycles. The van der Waals surface area contributed by atoms with Crippen molar-refractivity contribution in [1.82, 2.24) is 4.90 Å². The van der Waals surface area contributed by atoms with E-state index in [1.165, 1.54) is 24.1 Å². The molecule has 1 aromatic carbocycles. The van der Waals surface area contributed by atoms with E-state index in [2.05, 4.69) is 9.98 Å². The number of amidine groups is 1. The zero-order valence-electron chi connectivity index (χ0n) is 14.5. The molecule has 1 amide bonds. The minimum Gasteiger partial charge on any atom is -0.400 e. The van der Waals surface area contributed by atoms with Crippen LogP contribution in [0.5, 0.6) is 0 Å². The van der Waals surface area contributed by atoms with Crippen molar-refractivity contribution in [3.8, 4) is 0 Å². The van der Waals surface area contributed by atoms with Crippen LogP contribution in [0, 0.1) is 17.0 Å². The summed E-state index contributed by atoms with van der Waals surface area (Å²) in [6, 6.07) is 2.63. The molecule has 1 aromatic rings. The molecule has 0 aromatic heterocycles. The van der Waals surface area contributed by atoms with Crippen LogP contribution in [0.2, 0.25) is 0 Å². The zero-order chi connectivity index (χ0) is 19.4. The maximum Gasteiger partial charge on any atom is 0.289 e. The van der Waals surface area contributed by atoms with Gasteiger partial charge in [0.25, 0.3) is 5.91 Å². The minimum absolute atomic E-state index is 0.278. The number of carbonyl (C=O) groups excluding carboxylic acids is 1. The second-order valence-corrected chi connectivity index (χ2v) is 5.73. The number of carbonyl (C=O) groups is 1. The fraction of sp³-hybridized carbons (Fsp3) is 0.294. The van der Waals surface area contributed by atoms with E-state index >= 15 is 0 Å². The van der Waals surface area contributed by atoms with E-state index in [-0.39, 0.29) is 17.9 Å². The first-order valence-corrected chi connectivity index (χ1v) is 7.85. The van der Waals surface area contributed by atoms with Crippen molar-refractivity contribution in [3.63, 3.8) is 0 Å². The van der Waals surface area contributed by atoms with E-state index in [0.29, 0.717) is 29.7 Å². The van der Waals surface area contributed by atoms with Gasteiger partial charge in [0.05, 0.1) is 11.8 Å². The first-order chi connectivity index (χ1) is 12.3. The summed E-state index contributed by atoms with van der Waals surface area (Å²) < 4.78 is 27.1. The summed E-state index contributed by atoms with van der Waals surface area (Å²) >= 11 is 0. The standard InChI is InChI=1S/C17H20F2N6O/c1-9-14(21)13(3-4-25(9)17(26)16(22)24-8-20)15(23-2)10-5-11(18)7-12(19)6-10/h5-9H,3-4,21H2,1-2H3,(H3,20,22,24). The summed E-state index contributed by atoms with van der Waals surface area (Å²) in [5, 5.41) is 6.90. The van der Waals surface area contributed by atoms with Crippen LogP contribution in [0.1, 0.15) is 18.9 Å². The second-order valence-electron chi connectivity index (χ2n) is 5.73. The van der Waals surface area contributed by atoms with E-state index in [1.807, 2.05) is 0 Å². The lowest BCUT2D eigenvalue weighted by molar-refractivity contribution is -0.125. The van der Waals surface area contributed by atoms with Gasteiger partial charge in [-0.2, -0.15) is 0 Å². The molecule has 0 fully saturated rings. The third-order valence-corrected chi connectivity index (χ3v) is 4.20. The third-order valence-electron chi connectivity index (χ3n) is 4.20. The zero-order valence-corrected chi connectivity index (χ0v) is 14.5. The fourth-order valence-corrected chi connectivity index (χ4v) is 2.92. The van der Waals surface area contributed by atoms with Gasteiger partial charge in [0, 0.05) is 36.5 Å². The Labute approximate surface area is 149 Å². The summed E-state index contributed by atoms with van der Waals surface area (Å²) in [7, 11) is 1.51. The Balaban J connectivity index is 2.40. The van der Waals surface area contributed by atoms with Gasteiger partial charge >= 0.3 is 0 Å². The van der Waals surface area contributed by atoms with Crippen molar-refractivity contribution in [1.29, 1.82) is 5.41 Å². The molecule has 0 aliphatic carbocycles. The summed E-state index contributed by atoms with van der Waals surface area (Å²) in [6.45, 7) is 1.99. The Morgan fingerprint density at radius 1 is 1.35 bits per heavy atom. The summed E-state index contributed by atoms with van der Waals surface area (Å²) in [5.41, 5.74) is 13.4. The molecule has 1 aliphatic rings. The molecule has 26 heavy (non-hydrogen) atoms. The van der Waals surface area contributed by atoms with E-state index in [4.69, 9.17) is 16.9 Å². The molecule has 7 nitrogen and oxygen atoms in total. The lowest BCUT2D eigenvalue weighted by atomic mass is 9.91. The Kier molecular flexibility index (Phi) is 5.81. The van der Waals surface area contributed by atoms with Crippen LogP contribution in [0.4, 0.5) is 8.78 Å². The van der Waals surface area contributed by atoms with Crippen molar-refractivity contribution in [3.05, 3.63) is 46.7 Å². The number of halogens is 2. The quantitative estimate of drug-likeness (QED) is 0.553. The number of hydrogen-bond donors (Lipinski definition) is 3. The lowest BCUT2D eigenvalue weighted by Crippen LogP contribution is -2.50. The molecule has 1 heterocycles. The third kappa shape index (κ3) is 3.76. The highest BCUT2D eigenvalue weighted by molar-refractivity contribution is 6.38. The number of amides is 1. The molecule has 138 valence electrons. The average Bonchev–Trinajstić information content (AvgIpc) is 2.58. The van der Waals surface area contributed by atoms with Crippen LogP contribution in [0.15, 0.2) is 39.5 Å². The van der Waals surface area contributed by atoms with Gasteiger partial charge in [0.2, 0.25) is 0 Å². The van der Waals surface area contributed by atoms with Gasteiger partial charge in [0.1, 0.15) is 18.0 Å². The molecule has 1 unspecified atom stereocenters. The van der Waals surface area contributed by atoms with Crippen LogP contribution in [0.3, 0.4) is 0 Å². The Bertz CT molecular complexity index is 810. The number of benzene rings is 1. The molecule has 0 spiro atoms. The molecular weight excluding hydrogens is 342 g/mol.